The summed E-state index contributed by atoms with van der Waals surface area (Å²) in [6.07, 6.45) is 1.04. The van der Waals surface area contributed by atoms with E-state index in [9.17, 15) is 25.1 Å². The quantitative estimate of drug-likeness (QED) is 0.480. The van der Waals surface area contributed by atoms with E-state index >= 15 is 0 Å². The van der Waals surface area contributed by atoms with Crippen molar-refractivity contribution in [3.8, 4) is 11.8 Å². The van der Waals surface area contributed by atoms with E-state index in [1.807, 2.05) is 25.9 Å². The van der Waals surface area contributed by atoms with Crippen LogP contribution in [0.5, 0.6) is 5.75 Å². The summed E-state index contributed by atoms with van der Waals surface area (Å²) in [6, 6.07) is 9.46. The Morgan fingerprint density at radius 2 is 1.77 bits per heavy atom. The van der Waals surface area contributed by atoms with E-state index in [0.717, 1.165) is 0 Å². The van der Waals surface area contributed by atoms with Gasteiger partial charge < -0.3 is 19.8 Å². The Morgan fingerprint density at radius 3 is 2.16 bits per heavy atom. The molecule has 0 spiro atoms. The lowest BCUT2D eigenvalue weighted by Crippen LogP contribution is -2.61. The largest absolute Gasteiger partial charge is 0.497 e. The number of hydrogen-bond acceptors (Lipinski definition) is 5. The van der Waals surface area contributed by atoms with E-state index in [-0.39, 0.29) is 12.3 Å². The van der Waals surface area contributed by atoms with Crippen LogP contribution >= 0.6 is 0 Å². The molecule has 0 bridgehead atoms. The predicted molar refractivity (Wildman–Crippen MR) is 119 cm³/mol. The second-order valence-electron chi connectivity index (χ2n) is 8.84. The van der Waals surface area contributed by atoms with Gasteiger partial charge in [0.05, 0.1) is 18.6 Å². The normalized spacial score (nSPS) is 15.1. The Bertz CT molecular complexity index is 814. The van der Waals surface area contributed by atoms with Gasteiger partial charge >= 0.3 is 11.9 Å². The molecule has 1 aromatic rings. The van der Waals surface area contributed by atoms with Gasteiger partial charge in [-0.1, -0.05) is 46.2 Å². The van der Waals surface area contributed by atoms with Gasteiger partial charge in [0, 0.05) is 5.41 Å². The number of nitriles is 1. The van der Waals surface area contributed by atoms with Gasteiger partial charge in [0.25, 0.3) is 0 Å². The molecule has 0 radical (unpaired) electrons. The maximum Gasteiger partial charge on any atom is 0.321 e. The Kier molecular flexibility index (Phi) is 8.65. The van der Waals surface area contributed by atoms with E-state index < -0.39 is 28.2 Å². The predicted octanol–water partition coefficient (Wildman–Crippen LogP) is 4.03. The zero-order chi connectivity index (χ0) is 24.0. The summed E-state index contributed by atoms with van der Waals surface area (Å²) in [7, 11) is 5.39. The number of hydrogen-bond donors (Lipinski definition) is 2. The number of aliphatic carboxylic acids is 2. The SMILES string of the molecule is CCC(CCN(C)C)C(C#N)(c1cccc(OC)c1)C(C)(C)C(CC)(C(=O)O)C(=O)O. The molecule has 0 saturated carbocycles. The van der Waals surface area contributed by atoms with Gasteiger partial charge in [-0.05, 0) is 57.1 Å². The van der Waals surface area contributed by atoms with Gasteiger partial charge in [-0.2, -0.15) is 5.26 Å². The van der Waals surface area contributed by atoms with Crippen molar-refractivity contribution in [1.82, 2.24) is 4.90 Å². The van der Waals surface area contributed by atoms with Crippen molar-refractivity contribution in [2.24, 2.45) is 16.7 Å². The lowest BCUT2D eigenvalue weighted by atomic mass is 9.45. The molecule has 7 heteroatoms. The Labute approximate surface area is 185 Å². The Balaban J connectivity index is 4.05. The van der Waals surface area contributed by atoms with Crippen molar-refractivity contribution >= 4 is 11.9 Å². The number of benzene rings is 1. The molecule has 7 nitrogen and oxygen atoms in total. The highest BCUT2D eigenvalue weighted by Gasteiger charge is 2.67. The second kappa shape index (κ2) is 10.1. The third-order valence-corrected chi connectivity index (χ3v) is 7.04. The number of methoxy groups -OCH3 is 1. The van der Waals surface area contributed by atoms with E-state index in [0.29, 0.717) is 30.7 Å². The Hall–Kier alpha value is -2.59. The summed E-state index contributed by atoms with van der Waals surface area (Å²) in [6.45, 7) is 7.41. The minimum Gasteiger partial charge on any atom is -0.497 e. The van der Waals surface area contributed by atoms with E-state index in [2.05, 4.69) is 6.07 Å². The minimum absolute atomic E-state index is 0.151. The topological polar surface area (TPSA) is 111 Å². The van der Waals surface area contributed by atoms with Crippen LogP contribution in [-0.4, -0.2) is 54.8 Å². The lowest BCUT2D eigenvalue weighted by Gasteiger charge is -2.53. The van der Waals surface area contributed by atoms with Crippen LogP contribution in [-0.2, 0) is 15.0 Å². The van der Waals surface area contributed by atoms with Crippen LogP contribution in [0.4, 0.5) is 0 Å². The number of rotatable bonds is 12. The molecule has 0 aliphatic carbocycles. The molecule has 0 amide bonds. The molecule has 31 heavy (non-hydrogen) atoms. The molecule has 2 unspecified atom stereocenters. The summed E-state index contributed by atoms with van der Waals surface area (Å²) in [5, 5.41) is 31.1. The number of ether oxygens (including phenoxy) is 1. The molecule has 0 fully saturated rings. The highest BCUT2D eigenvalue weighted by Crippen LogP contribution is 2.59. The van der Waals surface area contributed by atoms with Crippen molar-refractivity contribution in [3.63, 3.8) is 0 Å². The third kappa shape index (κ3) is 4.27. The fraction of sp³-hybridized carbons (Fsp3) is 0.625. The number of carbonyl (C=O) groups is 2. The molecule has 0 aromatic heterocycles. The fourth-order valence-corrected chi connectivity index (χ4v) is 5.12. The van der Waals surface area contributed by atoms with Crippen LogP contribution in [0.2, 0.25) is 0 Å². The number of carboxylic acids is 2. The van der Waals surface area contributed by atoms with Crippen LogP contribution < -0.4 is 4.74 Å². The van der Waals surface area contributed by atoms with Crippen LogP contribution in [0.1, 0.15) is 52.5 Å². The molecule has 2 N–H and O–H groups in total. The molecule has 2 atom stereocenters. The summed E-state index contributed by atoms with van der Waals surface area (Å²) >= 11 is 0. The van der Waals surface area contributed by atoms with Crippen LogP contribution in [0, 0.1) is 28.1 Å². The highest BCUT2D eigenvalue weighted by molar-refractivity contribution is 5.99. The zero-order valence-electron chi connectivity index (χ0n) is 19.7. The van der Waals surface area contributed by atoms with Crippen molar-refractivity contribution in [2.75, 3.05) is 27.7 Å². The third-order valence-electron chi connectivity index (χ3n) is 7.04. The van der Waals surface area contributed by atoms with Gasteiger partial charge in [0.2, 0.25) is 0 Å². The van der Waals surface area contributed by atoms with Crippen molar-refractivity contribution in [1.29, 1.82) is 5.26 Å². The lowest BCUT2D eigenvalue weighted by molar-refractivity contribution is -0.180. The molecule has 0 saturated heterocycles. The molecular formula is C24H36N2O5. The fourth-order valence-electron chi connectivity index (χ4n) is 5.12. The monoisotopic (exact) mass is 432 g/mol. The molecule has 0 aliphatic rings. The summed E-state index contributed by atoms with van der Waals surface area (Å²) < 4.78 is 5.38. The van der Waals surface area contributed by atoms with E-state index in [1.165, 1.54) is 7.11 Å². The number of carboxylic acid groups (broad SMARTS) is 2. The van der Waals surface area contributed by atoms with E-state index in [4.69, 9.17) is 4.74 Å². The Morgan fingerprint density at radius 1 is 1.19 bits per heavy atom. The molecule has 0 aliphatic heterocycles. The van der Waals surface area contributed by atoms with Gasteiger partial charge in [-0.25, -0.2) is 0 Å². The maximum absolute atomic E-state index is 12.5. The van der Waals surface area contributed by atoms with Crippen molar-refractivity contribution < 1.29 is 24.5 Å². The van der Waals surface area contributed by atoms with Crippen molar-refractivity contribution in [2.45, 2.75) is 52.4 Å². The molecule has 0 heterocycles. The maximum atomic E-state index is 12.5. The molecule has 172 valence electrons. The first-order valence-corrected chi connectivity index (χ1v) is 10.6. The standard InChI is InChI=1S/C24H36N2O5/c1-8-17(13-14-26(5)6)24(16-25,18-11-10-12-19(15-18)31-7)22(3,4)23(9-2,20(27)28)21(29)30/h10-12,15,17H,8-9,13-14H2,1-7H3,(H,27,28)(H,29,30). The van der Waals surface area contributed by atoms with Crippen LogP contribution in [0.3, 0.4) is 0 Å². The smallest absolute Gasteiger partial charge is 0.321 e. The first-order valence-electron chi connectivity index (χ1n) is 10.6. The molecular weight excluding hydrogens is 396 g/mol. The number of nitrogens with zero attached hydrogens (tertiary/aromatic N) is 2. The molecule has 1 rings (SSSR count). The van der Waals surface area contributed by atoms with Gasteiger partial charge in [0.15, 0.2) is 5.41 Å². The molecule has 1 aromatic carbocycles. The minimum atomic E-state index is -2.16. The van der Waals surface area contributed by atoms with Gasteiger partial charge in [0.1, 0.15) is 5.75 Å². The first kappa shape index (κ1) is 26.4. The van der Waals surface area contributed by atoms with Crippen molar-refractivity contribution in [3.05, 3.63) is 29.8 Å². The summed E-state index contributed by atoms with van der Waals surface area (Å²) in [5.41, 5.74) is -4.43. The average Bonchev–Trinajstić information content (AvgIpc) is 2.70. The van der Waals surface area contributed by atoms with Crippen LogP contribution in [0.25, 0.3) is 0 Å². The van der Waals surface area contributed by atoms with Gasteiger partial charge in [-0.3, -0.25) is 9.59 Å². The van der Waals surface area contributed by atoms with Crippen LogP contribution in [0.15, 0.2) is 24.3 Å². The average molecular weight is 433 g/mol. The van der Waals surface area contributed by atoms with Gasteiger partial charge in [-0.15, -0.1) is 0 Å². The zero-order valence-corrected chi connectivity index (χ0v) is 19.7. The summed E-state index contributed by atoms with van der Waals surface area (Å²) in [4.78, 5) is 27.0. The first-order chi connectivity index (χ1) is 14.4. The summed E-state index contributed by atoms with van der Waals surface area (Å²) in [5.74, 6) is -2.62. The highest BCUT2D eigenvalue weighted by atomic mass is 16.5. The van der Waals surface area contributed by atoms with E-state index in [1.54, 1.807) is 45.0 Å². The second-order valence-corrected chi connectivity index (χ2v) is 8.84.